The average molecular weight is 436 g/mol. The highest BCUT2D eigenvalue weighted by molar-refractivity contribution is 6.31. The molecule has 0 amide bonds. The van der Waals surface area contributed by atoms with Gasteiger partial charge in [0.1, 0.15) is 5.76 Å². The quantitative estimate of drug-likeness (QED) is 0.409. The molecule has 0 unspecified atom stereocenters. The minimum Gasteiger partial charge on any atom is -0.493 e. The van der Waals surface area contributed by atoms with E-state index in [4.69, 9.17) is 30.5 Å². The highest BCUT2D eigenvalue weighted by Crippen LogP contribution is 2.34. The fraction of sp³-hybridized carbons (Fsp3) is 0.136. The molecule has 0 atom stereocenters. The maximum atomic E-state index is 6.20. The third kappa shape index (κ3) is 3.40. The molecule has 9 heteroatoms. The highest BCUT2D eigenvalue weighted by Gasteiger charge is 2.18. The lowest BCUT2D eigenvalue weighted by atomic mass is 10.2. The number of fused-ring (bicyclic) bond motifs is 3. The van der Waals surface area contributed by atoms with Crippen LogP contribution in [0.1, 0.15) is 5.76 Å². The summed E-state index contributed by atoms with van der Waals surface area (Å²) < 4.78 is 18.1. The number of ether oxygens (including phenoxy) is 2. The molecule has 0 radical (unpaired) electrons. The maximum absolute atomic E-state index is 6.20. The Labute approximate surface area is 182 Å². The van der Waals surface area contributed by atoms with Gasteiger partial charge in [-0.2, -0.15) is 0 Å². The molecule has 8 nitrogen and oxygen atoms in total. The van der Waals surface area contributed by atoms with Crippen LogP contribution in [0.2, 0.25) is 5.02 Å². The Hall–Kier alpha value is -3.78. The molecule has 0 saturated carbocycles. The number of rotatable bonds is 6. The van der Waals surface area contributed by atoms with E-state index in [1.807, 2.05) is 46.9 Å². The molecular weight excluding hydrogens is 418 g/mol. The van der Waals surface area contributed by atoms with Crippen LogP contribution in [0.25, 0.3) is 27.9 Å². The molecule has 3 heterocycles. The van der Waals surface area contributed by atoms with Crippen molar-refractivity contribution in [2.45, 2.75) is 6.54 Å². The molecule has 0 saturated heterocycles. The van der Waals surface area contributed by atoms with Gasteiger partial charge < -0.3 is 19.2 Å². The topological polar surface area (TPSA) is 86.7 Å². The van der Waals surface area contributed by atoms with Crippen molar-refractivity contribution < 1.29 is 13.9 Å². The molecule has 1 N–H and O–H groups in total. The highest BCUT2D eigenvalue weighted by atomic mass is 35.5. The molecule has 156 valence electrons. The second-order valence-corrected chi connectivity index (χ2v) is 7.22. The smallest absolute Gasteiger partial charge is 0.211 e. The zero-order valence-corrected chi connectivity index (χ0v) is 17.6. The Kier molecular flexibility index (Phi) is 4.83. The number of furan rings is 1. The van der Waals surface area contributed by atoms with Crippen LogP contribution in [0, 0.1) is 0 Å². The number of anilines is 1. The first-order valence-electron chi connectivity index (χ1n) is 9.51. The number of nitrogens with one attached hydrogen (secondary N) is 1. The van der Waals surface area contributed by atoms with E-state index in [0.29, 0.717) is 46.0 Å². The summed E-state index contributed by atoms with van der Waals surface area (Å²) in [7, 11) is 3.19. The fourth-order valence-electron chi connectivity index (χ4n) is 3.47. The van der Waals surface area contributed by atoms with Crippen molar-refractivity contribution in [3.63, 3.8) is 0 Å². The normalized spacial score (nSPS) is 11.2. The summed E-state index contributed by atoms with van der Waals surface area (Å²) in [6.45, 7) is 0.449. The molecule has 3 aromatic heterocycles. The number of aromatic nitrogens is 4. The van der Waals surface area contributed by atoms with Gasteiger partial charge in [-0.05, 0) is 48.5 Å². The molecule has 0 aliphatic carbocycles. The van der Waals surface area contributed by atoms with Gasteiger partial charge in [0, 0.05) is 16.0 Å². The average Bonchev–Trinajstić information content (AvgIpc) is 3.47. The van der Waals surface area contributed by atoms with Crippen LogP contribution in [0.4, 0.5) is 5.95 Å². The monoisotopic (exact) mass is 435 g/mol. The Bertz CT molecular complexity index is 1380. The fourth-order valence-corrected chi connectivity index (χ4v) is 3.64. The van der Waals surface area contributed by atoms with Crippen LogP contribution in [0.5, 0.6) is 11.5 Å². The van der Waals surface area contributed by atoms with E-state index < -0.39 is 0 Å². The number of hydrogen-bond donors (Lipinski definition) is 1. The summed E-state index contributed by atoms with van der Waals surface area (Å²) in [5.74, 6) is 3.19. The van der Waals surface area contributed by atoms with E-state index in [-0.39, 0.29) is 0 Å². The van der Waals surface area contributed by atoms with Gasteiger partial charge in [0.25, 0.3) is 0 Å². The zero-order chi connectivity index (χ0) is 21.4. The Morgan fingerprint density at radius 3 is 2.68 bits per heavy atom. The first-order chi connectivity index (χ1) is 15.2. The molecule has 2 aromatic carbocycles. The van der Waals surface area contributed by atoms with E-state index >= 15 is 0 Å². The largest absolute Gasteiger partial charge is 0.493 e. The van der Waals surface area contributed by atoms with Crippen molar-refractivity contribution >= 4 is 34.1 Å². The molecular formula is C22H18ClN5O3. The molecule has 0 spiro atoms. The van der Waals surface area contributed by atoms with Crippen LogP contribution < -0.4 is 14.8 Å². The Morgan fingerprint density at radius 1 is 1.03 bits per heavy atom. The van der Waals surface area contributed by atoms with E-state index in [0.717, 1.165) is 16.7 Å². The van der Waals surface area contributed by atoms with Crippen LogP contribution in [0.15, 0.2) is 59.2 Å². The van der Waals surface area contributed by atoms with Gasteiger partial charge in [0.2, 0.25) is 5.95 Å². The van der Waals surface area contributed by atoms with Crippen molar-refractivity contribution in [1.29, 1.82) is 0 Å². The lowest BCUT2D eigenvalue weighted by Gasteiger charge is -2.12. The number of halogens is 1. The summed E-state index contributed by atoms with van der Waals surface area (Å²) in [5.41, 5.74) is 2.18. The lowest BCUT2D eigenvalue weighted by molar-refractivity contribution is 0.355. The Morgan fingerprint density at radius 2 is 1.90 bits per heavy atom. The lowest BCUT2D eigenvalue weighted by Crippen LogP contribution is -2.08. The summed E-state index contributed by atoms with van der Waals surface area (Å²) in [4.78, 5) is 4.79. The minimum absolute atomic E-state index is 0.449. The SMILES string of the molecule is COc1ccc(-c2nnc3c4ccc(Cl)cc4nc(NCc4ccco4)n23)cc1OC. The first kappa shape index (κ1) is 19.2. The molecule has 0 bridgehead atoms. The summed E-state index contributed by atoms with van der Waals surface area (Å²) in [6.07, 6.45) is 1.63. The van der Waals surface area contributed by atoms with Gasteiger partial charge in [-0.1, -0.05) is 11.6 Å². The van der Waals surface area contributed by atoms with Gasteiger partial charge in [0.15, 0.2) is 23.0 Å². The number of benzene rings is 2. The third-order valence-corrected chi connectivity index (χ3v) is 5.18. The van der Waals surface area contributed by atoms with Gasteiger partial charge in [0.05, 0.1) is 32.5 Å². The van der Waals surface area contributed by atoms with E-state index in [1.54, 1.807) is 26.5 Å². The minimum atomic E-state index is 0.449. The summed E-state index contributed by atoms with van der Waals surface area (Å²) in [6, 6.07) is 14.8. The van der Waals surface area contributed by atoms with Gasteiger partial charge in [-0.15, -0.1) is 10.2 Å². The molecule has 0 fully saturated rings. The second-order valence-electron chi connectivity index (χ2n) is 6.78. The van der Waals surface area contributed by atoms with Gasteiger partial charge >= 0.3 is 0 Å². The molecule has 31 heavy (non-hydrogen) atoms. The van der Waals surface area contributed by atoms with Crippen LogP contribution in [0.3, 0.4) is 0 Å². The van der Waals surface area contributed by atoms with Crippen molar-refractivity contribution in [2.24, 2.45) is 0 Å². The summed E-state index contributed by atoms with van der Waals surface area (Å²) in [5, 5.41) is 13.7. The van der Waals surface area contributed by atoms with Gasteiger partial charge in [-0.25, -0.2) is 9.38 Å². The van der Waals surface area contributed by atoms with Crippen molar-refractivity contribution in [3.05, 3.63) is 65.6 Å². The van der Waals surface area contributed by atoms with E-state index in [2.05, 4.69) is 15.5 Å². The number of methoxy groups -OCH3 is 2. The van der Waals surface area contributed by atoms with Crippen molar-refractivity contribution in [1.82, 2.24) is 19.6 Å². The molecule has 5 aromatic rings. The maximum Gasteiger partial charge on any atom is 0.211 e. The van der Waals surface area contributed by atoms with Crippen molar-refractivity contribution in [3.8, 4) is 22.9 Å². The predicted octanol–water partition coefficient (Wildman–Crippen LogP) is 4.82. The van der Waals surface area contributed by atoms with Crippen LogP contribution >= 0.6 is 11.6 Å². The van der Waals surface area contributed by atoms with Crippen LogP contribution in [-0.2, 0) is 6.54 Å². The third-order valence-electron chi connectivity index (χ3n) is 4.94. The zero-order valence-electron chi connectivity index (χ0n) is 16.8. The number of nitrogens with zero attached hydrogens (tertiary/aromatic N) is 4. The molecule has 5 rings (SSSR count). The standard InChI is InChI=1S/C22H18ClN5O3/c1-29-18-8-5-13(10-19(18)30-2)20-26-27-21-16-7-6-14(23)11-17(16)25-22(28(20)21)24-12-15-4-3-9-31-15/h3-11H,12H2,1-2H3,(H,24,25). The van der Waals surface area contributed by atoms with Crippen LogP contribution in [-0.4, -0.2) is 33.8 Å². The van der Waals surface area contributed by atoms with Crippen molar-refractivity contribution in [2.75, 3.05) is 19.5 Å². The molecule has 0 aliphatic heterocycles. The van der Waals surface area contributed by atoms with Gasteiger partial charge in [-0.3, -0.25) is 0 Å². The van der Waals surface area contributed by atoms with E-state index in [9.17, 15) is 0 Å². The Balaban J connectivity index is 1.71. The number of hydrogen-bond acceptors (Lipinski definition) is 7. The molecule has 0 aliphatic rings. The second kappa shape index (κ2) is 7.81. The predicted molar refractivity (Wildman–Crippen MR) is 118 cm³/mol. The first-order valence-corrected chi connectivity index (χ1v) is 9.89. The van der Waals surface area contributed by atoms with E-state index in [1.165, 1.54) is 0 Å². The summed E-state index contributed by atoms with van der Waals surface area (Å²) >= 11 is 6.20.